The number of aromatic nitrogens is 2. The topological polar surface area (TPSA) is 48.3 Å². The van der Waals surface area contributed by atoms with E-state index >= 15 is 0 Å². The first kappa shape index (κ1) is 19.4. The smallest absolute Gasteiger partial charge is 0.119 e. The fourth-order valence-corrected chi connectivity index (χ4v) is 3.10. The lowest BCUT2D eigenvalue weighted by molar-refractivity contribution is 0.171. The molecule has 3 aromatic rings. The normalized spacial score (nSPS) is 12.1. The van der Waals surface area contributed by atoms with E-state index in [2.05, 4.69) is 12.2 Å². The van der Waals surface area contributed by atoms with Gasteiger partial charge in [0.15, 0.2) is 0 Å². The molecule has 5 nitrogen and oxygen atoms in total. The number of hydrogen-bond donors (Lipinski definition) is 1. The fraction of sp³-hybridized carbons (Fsp3) is 0.286. The average Bonchev–Trinajstić information content (AvgIpc) is 3.11. The standard InChI is InChI=1S/C21H24ClN3O2/c1-15(14-26-2)23-12-16-13-25(17-8-10-18(27-3)11-9-17)24-21(16)19-6-4-5-7-20(19)22/h4-11,13,15,23H,12,14H2,1-3H3. The Hall–Kier alpha value is -2.34. The highest BCUT2D eigenvalue weighted by atomic mass is 35.5. The number of benzene rings is 2. The first-order valence-electron chi connectivity index (χ1n) is 8.82. The summed E-state index contributed by atoms with van der Waals surface area (Å²) in [5, 5.41) is 8.97. The quantitative estimate of drug-likeness (QED) is 0.627. The lowest BCUT2D eigenvalue weighted by Gasteiger charge is -2.12. The Morgan fingerprint density at radius 2 is 1.85 bits per heavy atom. The molecule has 6 heteroatoms. The third-order valence-electron chi connectivity index (χ3n) is 4.31. The van der Waals surface area contributed by atoms with Crippen LogP contribution in [0.2, 0.25) is 5.02 Å². The third kappa shape index (κ3) is 4.69. The van der Waals surface area contributed by atoms with Gasteiger partial charge in [0.2, 0.25) is 0 Å². The molecule has 1 N–H and O–H groups in total. The molecule has 0 saturated carbocycles. The van der Waals surface area contributed by atoms with Crippen LogP contribution in [0.4, 0.5) is 0 Å². The van der Waals surface area contributed by atoms with Crippen LogP contribution in [0.25, 0.3) is 16.9 Å². The van der Waals surface area contributed by atoms with Gasteiger partial charge in [-0.2, -0.15) is 5.10 Å². The van der Waals surface area contributed by atoms with E-state index in [1.165, 1.54) is 0 Å². The van der Waals surface area contributed by atoms with Crippen molar-refractivity contribution in [3.8, 4) is 22.7 Å². The van der Waals surface area contributed by atoms with E-state index in [9.17, 15) is 0 Å². The highest BCUT2D eigenvalue weighted by molar-refractivity contribution is 6.33. The van der Waals surface area contributed by atoms with Crippen LogP contribution in [0.5, 0.6) is 5.75 Å². The molecule has 1 aromatic heterocycles. The Bertz CT molecular complexity index is 877. The van der Waals surface area contributed by atoms with Gasteiger partial charge in [-0.05, 0) is 37.3 Å². The SMILES string of the molecule is COCC(C)NCc1cn(-c2ccc(OC)cc2)nc1-c1ccccc1Cl. The van der Waals surface area contributed by atoms with Gasteiger partial charge in [-0.3, -0.25) is 0 Å². The summed E-state index contributed by atoms with van der Waals surface area (Å²) in [6, 6.07) is 15.8. The highest BCUT2D eigenvalue weighted by Crippen LogP contribution is 2.30. The molecule has 0 aliphatic carbocycles. The third-order valence-corrected chi connectivity index (χ3v) is 4.64. The molecule has 0 radical (unpaired) electrons. The molecule has 3 rings (SSSR count). The van der Waals surface area contributed by atoms with Crippen molar-refractivity contribution in [3.05, 3.63) is 65.3 Å². The zero-order valence-corrected chi connectivity index (χ0v) is 16.5. The molecule has 0 amide bonds. The van der Waals surface area contributed by atoms with Crippen molar-refractivity contribution in [1.82, 2.24) is 15.1 Å². The Balaban J connectivity index is 1.96. The summed E-state index contributed by atoms with van der Waals surface area (Å²) in [5.74, 6) is 0.813. The second-order valence-corrected chi connectivity index (χ2v) is 6.77. The first-order valence-corrected chi connectivity index (χ1v) is 9.20. The minimum atomic E-state index is 0.235. The van der Waals surface area contributed by atoms with Gasteiger partial charge in [0.1, 0.15) is 5.75 Å². The maximum Gasteiger partial charge on any atom is 0.119 e. The summed E-state index contributed by atoms with van der Waals surface area (Å²) in [4.78, 5) is 0. The van der Waals surface area contributed by atoms with Crippen molar-refractivity contribution in [2.75, 3.05) is 20.8 Å². The predicted molar refractivity (Wildman–Crippen MR) is 109 cm³/mol. The molecular formula is C21H24ClN3O2. The van der Waals surface area contributed by atoms with Gasteiger partial charge in [-0.25, -0.2) is 4.68 Å². The molecule has 0 fully saturated rings. The summed E-state index contributed by atoms with van der Waals surface area (Å²) in [6.45, 7) is 3.40. The van der Waals surface area contributed by atoms with E-state index in [0.29, 0.717) is 18.2 Å². The lowest BCUT2D eigenvalue weighted by Crippen LogP contribution is -2.29. The lowest BCUT2D eigenvalue weighted by atomic mass is 10.1. The van der Waals surface area contributed by atoms with E-state index in [1.54, 1.807) is 14.2 Å². The molecule has 2 aromatic carbocycles. The summed E-state index contributed by atoms with van der Waals surface area (Å²) >= 11 is 6.43. The van der Waals surface area contributed by atoms with Gasteiger partial charge in [0, 0.05) is 37.0 Å². The second kappa shape index (κ2) is 9.04. The largest absolute Gasteiger partial charge is 0.497 e. The molecule has 1 unspecified atom stereocenters. The van der Waals surface area contributed by atoms with Crippen LogP contribution in [0.1, 0.15) is 12.5 Å². The first-order chi connectivity index (χ1) is 13.1. The second-order valence-electron chi connectivity index (χ2n) is 6.36. The maximum absolute atomic E-state index is 6.43. The number of rotatable bonds is 8. The zero-order chi connectivity index (χ0) is 19.2. The van der Waals surface area contributed by atoms with Crippen LogP contribution in [0, 0.1) is 0 Å². The van der Waals surface area contributed by atoms with Gasteiger partial charge in [-0.1, -0.05) is 29.8 Å². The van der Waals surface area contributed by atoms with E-state index in [4.69, 9.17) is 26.2 Å². The van der Waals surface area contributed by atoms with Crippen molar-refractivity contribution in [3.63, 3.8) is 0 Å². The Morgan fingerprint density at radius 3 is 2.52 bits per heavy atom. The van der Waals surface area contributed by atoms with Crippen molar-refractivity contribution >= 4 is 11.6 Å². The van der Waals surface area contributed by atoms with Crippen LogP contribution in [-0.2, 0) is 11.3 Å². The summed E-state index contributed by atoms with van der Waals surface area (Å²) in [6.07, 6.45) is 2.03. The summed E-state index contributed by atoms with van der Waals surface area (Å²) in [5.41, 5.74) is 3.82. The van der Waals surface area contributed by atoms with Crippen LogP contribution >= 0.6 is 11.6 Å². The Kier molecular flexibility index (Phi) is 6.50. The number of nitrogens with zero attached hydrogens (tertiary/aromatic N) is 2. The number of hydrogen-bond acceptors (Lipinski definition) is 4. The van der Waals surface area contributed by atoms with Crippen LogP contribution in [0.15, 0.2) is 54.7 Å². The maximum atomic E-state index is 6.43. The number of halogens is 1. The highest BCUT2D eigenvalue weighted by Gasteiger charge is 2.15. The molecule has 0 saturated heterocycles. The molecular weight excluding hydrogens is 362 g/mol. The molecule has 0 spiro atoms. The van der Waals surface area contributed by atoms with E-state index in [-0.39, 0.29) is 6.04 Å². The van der Waals surface area contributed by atoms with Gasteiger partial charge in [0.05, 0.1) is 30.1 Å². The van der Waals surface area contributed by atoms with Crippen molar-refractivity contribution < 1.29 is 9.47 Å². The zero-order valence-electron chi connectivity index (χ0n) is 15.8. The minimum absolute atomic E-state index is 0.235. The molecule has 27 heavy (non-hydrogen) atoms. The molecule has 1 atom stereocenters. The predicted octanol–water partition coefficient (Wildman–Crippen LogP) is 4.33. The van der Waals surface area contributed by atoms with E-state index in [1.807, 2.05) is 59.4 Å². The van der Waals surface area contributed by atoms with Crippen LogP contribution in [0.3, 0.4) is 0 Å². The molecule has 0 aliphatic heterocycles. The van der Waals surface area contributed by atoms with E-state index in [0.717, 1.165) is 28.3 Å². The number of nitrogens with one attached hydrogen (secondary N) is 1. The molecule has 142 valence electrons. The molecule has 1 heterocycles. The summed E-state index contributed by atoms with van der Waals surface area (Å²) in [7, 11) is 3.36. The molecule has 0 bridgehead atoms. The minimum Gasteiger partial charge on any atom is -0.497 e. The fourth-order valence-electron chi connectivity index (χ4n) is 2.88. The monoisotopic (exact) mass is 385 g/mol. The molecule has 0 aliphatic rings. The van der Waals surface area contributed by atoms with Gasteiger partial charge < -0.3 is 14.8 Å². The van der Waals surface area contributed by atoms with Gasteiger partial charge in [-0.15, -0.1) is 0 Å². The van der Waals surface area contributed by atoms with Crippen molar-refractivity contribution in [1.29, 1.82) is 0 Å². The average molecular weight is 386 g/mol. The number of methoxy groups -OCH3 is 2. The number of ether oxygens (including phenoxy) is 2. The van der Waals surface area contributed by atoms with E-state index < -0.39 is 0 Å². The van der Waals surface area contributed by atoms with Crippen LogP contribution < -0.4 is 10.1 Å². The van der Waals surface area contributed by atoms with Gasteiger partial charge >= 0.3 is 0 Å². The Morgan fingerprint density at radius 1 is 1.11 bits per heavy atom. The van der Waals surface area contributed by atoms with Crippen molar-refractivity contribution in [2.24, 2.45) is 0 Å². The summed E-state index contributed by atoms with van der Waals surface area (Å²) < 4.78 is 12.3. The Labute approximate surface area is 164 Å². The van der Waals surface area contributed by atoms with Crippen molar-refractivity contribution in [2.45, 2.75) is 19.5 Å². The van der Waals surface area contributed by atoms with Crippen LogP contribution in [-0.4, -0.2) is 36.6 Å². The van der Waals surface area contributed by atoms with Gasteiger partial charge in [0.25, 0.3) is 0 Å².